The summed E-state index contributed by atoms with van der Waals surface area (Å²) in [5.41, 5.74) is 1.02. The molecule has 1 aliphatic rings. The molecule has 1 atom stereocenters. The van der Waals surface area contributed by atoms with E-state index in [9.17, 15) is 4.79 Å². The van der Waals surface area contributed by atoms with Gasteiger partial charge in [-0.25, -0.2) is 4.98 Å². The first kappa shape index (κ1) is 16.6. The maximum atomic E-state index is 12.1. The Morgan fingerprint density at radius 2 is 2.17 bits per heavy atom. The highest BCUT2D eigenvalue weighted by molar-refractivity contribution is 7.16. The van der Waals surface area contributed by atoms with Crippen molar-refractivity contribution in [2.75, 3.05) is 24.8 Å². The lowest BCUT2D eigenvalue weighted by atomic mass is 9.91. The quantitative estimate of drug-likeness (QED) is 0.867. The highest BCUT2D eigenvalue weighted by atomic mass is 32.1. The van der Waals surface area contributed by atoms with Crippen molar-refractivity contribution in [1.29, 1.82) is 0 Å². The summed E-state index contributed by atoms with van der Waals surface area (Å²) in [6, 6.07) is 5.84. The van der Waals surface area contributed by atoms with Crippen LogP contribution in [0.1, 0.15) is 36.6 Å². The molecule has 0 bridgehead atoms. The summed E-state index contributed by atoms with van der Waals surface area (Å²) in [5.74, 6) is 1.97. The van der Waals surface area contributed by atoms with E-state index < -0.39 is 0 Å². The molecule has 0 unspecified atom stereocenters. The van der Waals surface area contributed by atoms with Crippen LogP contribution < -0.4 is 20.1 Å². The van der Waals surface area contributed by atoms with Gasteiger partial charge in [0.2, 0.25) is 5.91 Å². The second kappa shape index (κ2) is 6.68. The third kappa shape index (κ3) is 3.17. The van der Waals surface area contributed by atoms with Gasteiger partial charge in [-0.05, 0) is 31.5 Å². The lowest BCUT2D eigenvalue weighted by molar-refractivity contribution is -0.116. The predicted molar refractivity (Wildman–Crippen MR) is 95.5 cm³/mol. The second-order valence-corrected chi connectivity index (χ2v) is 6.89. The van der Waals surface area contributed by atoms with Crippen LogP contribution in [-0.2, 0) is 4.79 Å². The summed E-state index contributed by atoms with van der Waals surface area (Å²) in [4.78, 5) is 17.5. The van der Waals surface area contributed by atoms with Crippen LogP contribution in [0.2, 0.25) is 0 Å². The normalized spacial score (nSPS) is 16.5. The number of rotatable bonds is 5. The highest BCUT2D eigenvalue weighted by Crippen LogP contribution is 2.44. The number of fused-ring (bicyclic) bond motifs is 1. The number of hydrogen-bond donors (Lipinski definition) is 2. The van der Waals surface area contributed by atoms with Gasteiger partial charge in [-0.1, -0.05) is 17.4 Å². The van der Waals surface area contributed by atoms with E-state index in [0.717, 1.165) is 15.6 Å². The molecule has 0 saturated carbocycles. The van der Waals surface area contributed by atoms with Gasteiger partial charge in [0.1, 0.15) is 5.82 Å². The van der Waals surface area contributed by atoms with Crippen LogP contribution in [0.3, 0.4) is 0 Å². The second-order valence-electron chi connectivity index (χ2n) is 5.86. The van der Waals surface area contributed by atoms with Crippen molar-refractivity contribution in [2.24, 2.45) is 0 Å². The van der Waals surface area contributed by atoms with Gasteiger partial charge in [0.25, 0.3) is 0 Å². The Hall–Kier alpha value is -2.28. The molecule has 7 heteroatoms. The molecule has 6 nitrogen and oxygen atoms in total. The summed E-state index contributed by atoms with van der Waals surface area (Å²) in [6.45, 7) is 3.95. The summed E-state index contributed by atoms with van der Waals surface area (Å²) in [6.07, 6.45) is 0.435. The van der Waals surface area contributed by atoms with Crippen LogP contribution >= 0.6 is 11.3 Å². The van der Waals surface area contributed by atoms with E-state index in [1.54, 1.807) is 18.4 Å². The van der Waals surface area contributed by atoms with Crippen LogP contribution in [-0.4, -0.2) is 31.2 Å². The van der Waals surface area contributed by atoms with E-state index in [1.165, 1.54) is 0 Å². The Morgan fingerprint density at radius 3 is 2.83 bits per heavy atom. The average Bonchev–Trinajstić information content (AvgIpc) is 2.96. The number of aromatic nitrogens is 1. The summed E-state index contributed by atoms with van der Waals surface area (Å²) < 4.78 is 11.2. The van der Waals surface area contributed by atoms with E-state index >= 15 is 0 Å². The predicted octanol–water partition coefficient (Wildman–Crippen LogP) is 3.45. The number of nitrogens with one attached hydrogen (secondary N) is 2. The Morgan fingerprint density at radius 1 is 1.38 bits per heavy atom. The summed E-state index contributed by atoms with van der Waals surface area (Å²) in [5, 5.41) is 6.68. The van der Waals surface area contributed by atoms with E-state index in [1.807, 2.05) is 39.1 Å². The molecule has 0 aliphatic carbocycles. The Balaban J connectivity index is 2.02. The van der Waals surface area contributed by atoms with Crippen molar-refractivity contribution in [3.63, 3.8) is 0 Å². The van der Waals surface area contributed by atoms with Gasteiger partial charge in [0.15, 0.2) is 16.6 Å². The molecule has 3 rings (SSSR count). The largest absolute Gasteiger partial charge is 0.493 e. The lowest BCUT2D eigenvalue weighted by Crippen LogP contribution is -2.22. The zero-order valence-electron chi connectivity index (χ0n) is 14.2. The van der Waals surface area contributed by atoms with Gasteiger partial charge in [-0.3, -0.25) is 4.79 Å². The van der Waals surface area contributed by atoms with E-state index in [2.05, 4.69) is 15.6 Å². The van der Waals surface area contributed by atoms with Crippen molar-refractivity contribution in [3.05, 3.63) is 28.6 Å². The summed E-state index contributed by atoms with van der Waals surface area (Å²) >= 11 is 1.56. The zero-order valence-corrected chi connectivity index (χ0v) is 15.0. The van der Waals surface area contributed by atoms with E-state index in [4.69, 9.17) is 9.47 Å². The van der Waals surface area contributed by atoms with Crippen molar-refractivity contribution in [2.45, 2.75) is 32.3 Å². The number of anilines is 2. The number of carbonyl (C=O) groups is 1. The van der Waals surface area contributed by atoms with Crippen molar-refractivity contribution < 1.29 is 14.3 Å². The number of methoxy groups -OCH3 is 1. The molecule has 0 radical (unpaired) electrons. The molecule has 1 aliphatic heterocycles. The van der Waals surface area contributed by atoms with Crippen LogP contribution in [0.25, 0.3) is 0 Å². The number of benzene rings is 1. The first-order valence-corrected chi connectivity index (χ1v) is 8.66. The minimum atomic E-state index is -0.0335. The number of carbonyl (C=O) groups excluding carboxylic acids is 1. The molecule has 1 aromatic heterocycles. The Labute approximate surface area is 145 Å². The van der Waals surface area contributed by atoms with E-state index in [-0.39, 0.29) is 17.9 Å². The first-order valence-electron chi connectivity index (χ1n) is 7.84. The van der Waals surface area contributed by atoms with Gasteiger partial charge >= 0.3 is 0 Å². The fourth-order valence-electron chi connectivity index (χ4n) is 2.75. The summed E-state index contributed by atoms with van der Waals surface area (Å²) in [7, 11) is 3.44. The maximum absolute atomic E-state index is 12.1. The first-order chi connectivity index (χ1) is 11.5. The molecule has 2 N–H and O–H groups in total. The molecule has 0 fully saturated rings. The average molecular weight is 347 g/mol. The van der Waals surface area contributed by atoms with Crippen LogP contribution in [0.15, 0.2) is 18.2 Å². The third-order valence-corrected chi connectivity index (χ3v) is 4.97. The topological polar surface area (TPSA) is 72.5 Å². The molecule has 1 aromatic carbocycles. The van der Waals surface area contributed by atoms with Gasteiger partial charge in [-0.15, -0.1) is 0 Å². The molecule has 2 aromatic rings. The SMILES string of the molecule is CNc1nc2c(s1)[C@@H](c1ccc(OC)c(OC(C)C)c1)CC(=O)N2. The fraction of sp³-hybridized carbons (Fsp3) is 0.412. The molecule has 2 heterocycles. The molecule has 1 amide bonds. The monoisotopic (exact) mass is 347 g/mol. The van der Waals surface area contributed by atoms with E-state index in [0.29, 0.717) is 23.7 Å². The van der Waals surface area contributed by atoms with Crippen LogP contribution in [0, 0.1) is 0 Å². The number of ether oxygens (including phenoxy) is 2. The van der Waals surface area contributed by atoms with Gasteiger partial charge in [0, 0.05) is 19.4 Å². The van der Waals surface area contributed by atoms with Gasteiger partial charge in [-0.2, -0.15) is 0 Å². The molecule has 0 spiro atoms. The fourth-order valence-corrected chi connectivity index (χ4v) is 3.75. The number of amides is 1. The number of thiazole rings is 1. The van der Waals surface area contributed by atoms with Crippen molar-refractivity contribution in [3.8, 4) is 11.5 Å². The standard InChI is InChI=1S/C17H21N3O3S/c1-9(2)23-13-7-10(5-6-12(13)22-4)11-8-14(21)19-16-15(11)24-17(18-3)20-16/h5-7,9,11H,8H2,1-4H3,(H,18,20)(H,19,21)/t11-/m1/s1. The molecule has 128 valence electrons. The highest BCUT2D eigenvalue weighted by Gasteiger charge is 2.30. The van der Waals surface area contributed by atoms with Crippen molar-refractivity contribution >= 4 is 28.2 Å². The van der Waals surface area contributed by atoms with Gasteiger partial charge in [0.05, 0.1) is 18.1 Å². The smallest absolute Gasteiger partial charge is 0.226 e. The van der Waals surface area contributed by atoms with Crippen LogP contribution in [0.4, 0.5) is 10.9 Å². The van der Waals surface area contributed by atoms with Crippen molar-refractivity contribution in [1.82, 2.24) is 4.98 Å². The minimum absolute atomic E-state index is 0.0254. The molecule has 0 saturated heterocycles. The number of nitrogens with zero attached hydrogens (tertiary/aromatic N) is 1. The molecule has 24 heavy (non-hydrogen) atoms. The molecular weight excluding hydrogens is 326 g/mol. The Kier molecular flexibility index (Phi) is 4.62. The zero-order chi connectivity index (χ0) is 17.3. The van der Waals surface area contributed by atoms with Crippen LogP contribution in [0.5, 0.6) is 11.5 Å². The minimum Gasteiger partial charge on any atom is -0.493 e. The maximum Gasteiger partial charge on any atom is 0.226 e. The Bertz CT molecular complexity index is 758. The van der Waals surface area contributed by atoms with Gasteiger partial charge < -0.3 is 20.1 Å². The molecular formula is C17H21N3O3S. The lowest BCUT2D eigenvalue weighted by Gasteiger charge is -2.23. The third-order valence-electron chi connectivity index (χ3n) is 3.78. The number of hydrogen-bond acceptors (Lipinski definition) is 6.